The molecule has 0 amide bonds. The fraction of sp³-hybridized carbons (Fsp3) is 0. The SMILES string of the molecule is O.O.O.O.O=[N+]([O-])[O-].[Ca+2]. The van der Waals surface area contributed by atoms with Crippen LogP contribution in [0.1, 0.15) is 0 Å². The second-order valence-electron chi connectivity index (χ2n) is 0.224. The molecule has 9 heavy (non-hydrogen) atoms. The van der Waals surface area contributed by atoms with Crippen molar-refractivity contribution in [3.63, 3.8) is 0 Å². The van der Waals surface area contributed by atoms with Gasteiger partial charge < -0.3 is 37.2 Å². The van der Waals surface area contributed by atoms with Gasteiger partial charge in [-0.15, -0.1) is 0 Å². The van der Waals surface area contributed by atoms with E-state index >= 15 is 0 Å². The normalized spacial score (nSPS) is 2.67. The van der Waals surface area contributed by atoms with Crippen LogP contribution in [0.4, 0.5) is 0 Å². The van der Waals surface area contributed by atoms with E-state index in [1.165, 1.54) is 0 Å². The molecule has 8 N–H and O–H groups in total. The first-order chi connectivity index (χ1) is 1.73. The van der Waals surface area contributed by atoms with E-state index in [4.69, 9.17) is 15.3 Å². The number of rotatable bonds is 0. The molecular formula is H8CaNO7+. The van der Waals surface area contributed by atoms with E-state index in [-0.39, 0.29) is 59.6 Å². The quantitative estimate of drug-likeness (QED) is 0.206. The van der Waals surface area contributed by atoms with E-state index in [2.05, 4.69) is 0 Å². The van der Waals surface area contributed by atoms with Crippen LogP contribution in [-0.2, 0) is 0 Å². The fourth-order valence-corrected chi connectivity index (χ4v) is 0. The molecule has 0 aliphatic carbocycles. The molecule has 0 saturated heterocycles. The van der Waals surface area contributed by atoms with Gasteiger partial charge in [-0.3, -0.25) is 0 Å². The summed E-state index contributed by atoms with van der Waals surface area (Å²) in [6, 6.07) is 0. The summed E-state index contributed by atoms with van der Waals surface area (Å²) in [5.74, 6) is 0. The van der Waals surface area contributed by atoms with Crippen LogP contribution < -0.4 is 0 Å². The molecule has 0 saturated carbocycles. The first-order valence-corrected chi connectivity index (χ1v) is 0.548. The van der Waals surface area contributed by atoms with E-state index < -0.39 is 5.09 Å². The summed E-state index contributed by atoms with van der Waals surface area (Å²) in [6.45, 7) is 0. The largest absolute Gasteiger partial charge is 2.00 e. The van der Waals surface area contributed by atoms with E-state index in [1.54, 1.807) is 0 Å². The molecule has 0 heterocycles. The van der Waals surface area contributed by atoms with Gasteiger partial charge in [-0.25, -0.2) is 0 Å². The maximum absolute atomic E-state index is 8.25. The van der Waals surface area contributed by atoms with Crippen LogP contribution in [0.15, 0.2) is 0 Å². The van der Waals surface area contributed by atoms with Crippen LogP contribution in [0.5, 0.6) is 0 Å². The number of nitrogens with zero attached hydrogens (tertiary/aromatic N) is 1. The smallest absolute Gasteiger partial charge is 0.412 e. The van der Waals surface area contributed by atoms with Gasteiger partial charge in [0.25, 0.3) is 0 Å². The molecule has 0 rings (SSSR count). The van der Waals surface area contributed by atoms with Crippen molar-refractivity contribution in [2.75, 3.05) is 0 Å². The van der Waals surface area contributed by atoms with E-state index in [1.807, 2.05) is 0 Å². The standard InChI is InChI=1S/Ca.NO3.4H2O/c;2-1(3)4;;;;/h;;4*1H2/q+2;-1;;;;. The summed E-state index contributed by atoms with van der Waals surface area (Å²) in [5, 5.41) is 14.8. The van der Waals surface area contributed by atoms with Crippen molar-refractivity contribution < 1.29 is 27.0 Å². The Hall–Kier alpha value is 0.300. The fourth-order valence-electron chi connectivity index (χ4n) is 0. The zero-order valence-corrected chi connectivity index (χ0v) is 6.59. The first kappa shape index (κ1) is 58.8. The average molecular weight is 174 g/mol. The molecule has 0 bridgehead atoms. The molecule has 0 aromatic rings. The average Bonchev–Trinajstić information content (AvgIpc) is 0.811. The van der Waals surface area contributed by atoms with E-state index in [9.17, 15) is 0 Å². The summed E-state index contributed by atoms with van der Waals surface area (Å²) in [4.78, 5) is 8.25. The zero-order chi connectivity index (χ0) is 3.58. The maximum atomic E-state index is 8.25. The van der Waals surface area contributed by atoms with Gasteiger partial charge >= 0.3 is 37.7 Å². The Morgan fingerprint density at radius 2 is 0.889 bits per heavy atom. The first-order valence-electron chi connectivity index (χ1n) is 0.548. The van der Waals surface area contributed by atoms with E-state index in [0.717, 1.165) is 0 Å². The summed E-state index contributed by atoms with van der Waals surface area (Å²) >= 11 is 0. The molecule has 0 radical (unpaired) electrons. The summed E-state index contributed by atoms with van der Waals surface area (Å²) in [7, 11) is 0. The maximum Gasteiger partial charge on any atom is 2.00 e. The summed E-state index contributed by atoms with van der Waals surface area (Å²) in [6.07, 6.45) is 0. The number of hydrogen-bond donors (Lipinski definition) is 0. The Labute approximate surface area is 79.8 Å². The minimum Gasteiger partial charge on any atom is -0.412 e. The molecule has 0 aromatic heterocycles. The van der Waals surface area contributed by atoms with Crippen molar-refractivity contribution in [2.24, 2.45) is 0 Å². The summed E-state index contributed by atoms with van der Waals surface area (Å²) < 4.78 is 0. The van der Waals surface area contributed by atoms with Crippen LogP contribution in [0.25, 0.3) is 0 Å². The second kappa shape index (κ2) is 40.6. The molecule has 0 aromatic carbocycles. The van der Waals surface area contributed by atoms with Crippen LogP contribution in [0.3, 0.4) is 0 Å². The molecule has 0 atom stereocenters. The Bertz CT molecular complexity index is 31.9. The second-order valence-corrected chi connectivity index (χ2v) is 0.224. The van der Waals surface area contributed by atoms with Crippen molar-refractivity contribution in [1.82, 2.24) is 0 Å². The van der Waals surface area contributed by atoms with Crippen molar-refractivity contribution in [1.29, 1.82) is 0 Å². The van der Waals surface area contributed by atoms with Gasteiger partial charge in [0.2, 0.25) is 0 Å². The minimum atomic E-state index is -1.75. The monoisotopic (exact) mass is 174 g/mol. The predicted molar refractivity (Wildman–Crippen MR) is 30.6 cm³/mol. The number of hydrogen-bond acceptors (Lipinski definition) is 3. The Kier molecular flexibility index (Phi) is 266. The molecular weight excluding hydrogens is 166 g/mol. The Morgan fingerprint density at radius 3 is 0.889 bits per heavy atom. The molecule has 9 heteroatoms. The molecule has 0 unspecified atom stereocenters. The predicted octanol–water partition coefficient (Wildman–Crippen LogP) is -3.92. The van der Waals surface area contributed by atoms with E-state index in [0.29, 0.717) is 0 Å². The van der Waals surface area contributed by atoms with Crippen LogP contribution >= 0.6 is 0 Å². The van der Waals surface area contributed by atoms with Gasteiger partial charge in [0.1, 0.15) is 0 Å². The molecule has 0 aliphatic rings. The molecule has 0 fully saturated rings. The molecule has 0 aliphatic heterocycles. The van der Waals surface area contributed by atoms with Crippen molar-refractivity contribution >= 4 is 37.7 Å². The molecule has 8 nitrogen and oxygen atoms in total. The Balaban J connectivity index is -0.00000000450. The third-order valence-electron chi connectivity index (χ3n) is 0. The third kappa shape index (κ3) is 3670. The van der Waals surface area contributed by atoms with Gasteiger partial charge in [-0.1, -0.05) is 0 Å². The van der Waals surface area contributed by atoms with Crippen LogP contribution in [0, 0.1) is 15.3 Å². The van der Waals surface area contributed by atoms with Crippen LogP contribution in [-0.4, -0.2) is 64.7 Å². The van der Waals surface area contributed by atoms with Crippen molar-refractivity contribution in [3.05, 3.63) is 15.3 Å². The molecule has 56 valence electrons. The summed E-state index contributed by atoms with van der Waals surface area (Å²) in [5.41, 5.74) is 0. The zero-order valence-electron chi connectivity index (χ0n) is 4.38. The van der Waals surface area contributed by atoms with Gasteiger partial charge in [0, 0.05) is 0 Å². The van der Waals surface area contributed by atoms with Gasteiger partial charge in [-0.05, 0) is 0 Å². The van der Waals surface area contributed by atoms with Crippen LogP contribution in [0.2, 0.25) is 0 Å². The van der Waals surface area contributed by atoms with Gasteiger partial charge in [-0.2, -0.15) is 0 Å². The third-order valence-corrected chi connectivity index (χ3v) is 0. The Morgan fingerprint density at radius 1 is 0.889 bits per heavy atom. The van der Waals surface area contributed by atoms with Crippen molar-refractivity contribution in [3.8, 4) is 0 Å². The molecule has 0 spiro atoms. The van der Waals surface area contributed by atoms with Gasteiger partial charge in [0.05, 0.1) is 5.09 Å². The minimum absolute atomic E-state index is 0. The van der Waals surface area contributed by atoms with Gasteiger partial charge in [0.15, 0.2) is 0 Å². The van der Waals surface area contributed by atoms with Crippen molar-refractivity contribution in [2.45, 2.75) is 0 Å². The topological polar surface area (TPSA) is 192 Å².